The van der Waals surface area contributed by atoms with Crippen LogP contribution in [0.5, 0.6) is 5.75 Å². The van der Waals surface area contributed by atoms with E-state index in [1.807, 2.05) is 6.92 Å². The van der Waals surface area contributed by atoms with Gasteiger partial charge in [0.25, 0.3) is 10.7 Å². The van der Waals surface area contributed by atoms with E-state index in [4.69, 9.17) is 26.1 Å². The lowest BCUT2D eigenvalue weighted by Gasteiger charge is -2.27. The lowest BCUT2D eigenvalue weighted by atomic mass is 9.97. The maximum absolute atomic E-state index is 13.0. The molecule has 1 saturated heterocycles. The summed E-state index contributed by atoms with van der Waals surface area (Å²) in [7, 11) is 0. The molecule has 1 atom stereocenters. The zero-order valence-corrected chi connectivity index (χ0v) is 16.8. The van der Waals surface area contributed by atoms with Crippen LogP contribution in [-0.4, -0.2) is 35.4 Å². The van der Waals surface area contributed by atoms with Crippen molar-refractivity contribution in [2.45, 2.75) is 39.5 Å². The van der Waals surface area contributed by atoms with Crippen molar-refractivity contribution in [3.8, 4) is 5.75 Å². The highest BCUT2D eigenvalue weighted by atomic mass is 32.1. The Morgan fingerprint density at radius 3 is 2.71 bits per heavy atom. The number of esters is 1. The van der Waals surface area contributed by atoms with Crippen molar-refractivity contribution < 1.29 is 28.0 Å². The van der Waals surface area contributed by atoms with Gasteiger partial charge in [-0.2, -0.15) is 4.68 Å². The Balaban J connectivity index is 1.56. The van der Waals surface area contributed by atoms with Gasteiger partial charge in [-0.25, -0.2) is 4.39 Å². The first kappa shape index (κ1) is 20.5. The summed E-state index contributed by atoms with van der Waals surface area (Å²) in [4.78, 5) is 13.4. The summed E-state index contributed by atoms with van der Waals surface area (Å²) in [5, 5.41) is 4.44. The topological polar surface area (TPSA) is 70.9 Å². The third-order valence-corrected chi connectivity index (χ3v) is 5.08. The summed E-state index contributed by atoms with van der Waals surface area (Å²) in [6, 6.07) is 5.77. The van der Waals surface area contributed by atoms with Gasteiger partial charge in [-0.05, 0) is 50.3 Å². The number of carbonyl (C=O) groups is 1. The average molecular weight is 410 g/mol. The van der Waals surface area contributed by atoms with Gasteiger partial charge in [0.15, 0.2) is 12.8 Å². The van der Waals surface area contributed by atoms with Crippen molar-refractivity contribution >= 4 is 18.2 Å². The number of nitrogens with one attached hydrogen (secondary N) is 1. The van der Waals surface area contributed by atoms with Gasteiger partial charge in [0.05, 0.1) is 25.6 Å². The van der Waals surface area contributed by atoms with E-state index < -0.39 is 6.10 Å². The second kappa shape index (κ2) is 9.29. The van der Waals surface area contributed by atoms with Crippen LogP contribution in [0.2, 0.25) is 0 Å². The number of hydrogen-bond donors (Lipinski definition) is 1. The van der Waals surface area contributed by atoms with E-state index in [1.54, 1.807) is 23.7 Å². The van der Waals surface area contributed by atoms with Gasteiger partial charge in [0.1, 0.15) is 11.6 Å². The SMILES string of the molecule is CCOC(=O)C1CC[NH+](Cn2nc([C@@H](C)Oc3ccc(F)cc3)oc2=S)CC1. The molecule has 3 rings (SSSR count). The predicted octanol–water partition coefficient (Wildman–Crippen LogP) is 2.30. The zero-order chi connectivity index (χ0) is 20.1. The van der Waals surface area contributed by atoms with E-state index >= 15 is 0 Å². The number of hydrogen-bond acceptors (Lipinski definition) is 6. The minimum Gasteiger partial charge on any atom is -0.481 e. The van der Waals surface area contributed by atoms with Gasteiger partial charge >= 0.3 is 5.97 Å². The summed E-state index contributed by atoms with van der Waals surface area (Å²) < 4.78 is 31.1. The maximum Gasteiger partial charge on any atom is 0.309 e. The fourth-order valence-corrected chi connectivity index (χ4v) is 3.44. The summed E-state index contributed by atoms with van der Waals surface area (Å²) >= 11 is 5.28. The minimum atomic E-state index is -0.460. The van der Waals surface area contributed by atoms with Gasteiger partial charge in [0.2, 0.25) is 0 Å². The van der Waals surface area contributed by atoms with Crippen molar-refractivity contribution in [1.29, 1.82) is 0 Å². The van der Waals surface area contributed by atoms with E-state index in [9.17, 15) is 9.18 Å². The van der Waals surface area contributed by atoms with Gasteiger partial charge in [0, 0.05) is 12.8 Å². The van der Waals surface area contributed by atoms with Crippen LogP contribution in [0.3, 0.4) is 0 Å². The molecule has 0 bridgehead atoms. The van der Waals surface area contributed by atoms with Crippen molar-refractivity contribution in [1.82, 2.24) is 9.78 Å². The number of carbonyl (C=O) groups excluding carboxylic acids is 1. The maximum atomic E-state index is 13.0. The van der Waals surface area contributed by atoms with Gasteiger partial charge < -0.3 is 18.8 Å². The number of aromatic nitrogens is 2. The first-order valence-corrected chi connectivity index (χ1v) is 9.87. The molecule has 0 saturated carbocycles. The van der Waals surface area contributed by atoms with Crippen LogP contribution in [0.15, 0.2) is 28.7 Å². The zero-order valence-electron chi connectivity index (χ0n) is 16.0. The van der Waals surface area contributed by atoms with Crippen molar-refractivity contribution in [2.75, 3.05) is 19.7 Å². The van der Waals surface area contributed by atoms with Crippen LogP contribution in [0.25, 0.3) is 0 Å². The molecule has 0 spiro atoms. The van der Waals surface area contributed by atoms with Crippen LogP contribution < -0.4 is 9.64 Å². The van der Waals surface area contributed by atoms with Crippen LogP contribution in [0.4, 0.5) is 4.39 Å². The second-order valence-corrected chi connectivity index (χ2v) is 7.20. The molecular weight excluding hydrogens is 385 g/mol. The predicted molar refractivity (Wildman–Crippen MR) is 101 cm³/mol. The lowest BCUT2D eigenvalue weighted by molar-refractivity contribution is -0.929. The van der Waals surface area contributed by atoms with Gasteiger partial charge in [-0.1, -0.05) is 0 Å². The molecule has 152 valence electrons. The fraction of sp³-hybridized carbons (Fsp3) is 0.526. The molecule has 1 N–H and O–H groups in total. The molecule has 0 amide bonds. The Morgan fingerprint density at radius 1 is 1.39 bits per heavy atom. The molecule has 1 aromatic heterocycles. The van der Waals surface area contributed by atoms with Crippen molar-refractivity contribution in [3.05, 3.63) is 40.8 Å². The van der Waals surface area contributed by atoms with Gasteiger partial charge in [-0.3, -0.25) is 4.79 Å². The molecule has 1 fully saturated rings. The van der Waals surface area contributed by atoms with Crippen molar-refractivity contribution in [3.63, 3.8) is 0 Å². The molecule has 7 nitrogen and oxygen atoms in total. The molecule has 2 aromatic rings. The summed E-state index contributed by atoms with van der Waals surface area (Å²) in [5.41, 5.74) is 0. The largest absolute Gasteiger partial charge is 0.481 e. The Kier molecular flexibility index (Phi) is 6.79. The highest BCUT2D eigenvalue weighted by Gasteiger charge is 2.29. The third-order valence-electron chi connectivity index (χ3n) is 4.78. The molecule has 0 unspecified atom stereocenters. The van der Waals surface area contributed by atoms with Crippen LogP contribution in [0, 0.1) is 16.6 Å². The number of likely N-dealkylation sites (tertiary alicyclic amines) is 1. The summed E-state index contributed by atoms with van der Waals surface area (Å²) in [6.45, 7) is 6.29. The molecule has 28 heavy (non-hydrogen) atoms. The first-order chi connectivity index (χ1) is 13.5. The van der Waals surface area contributed by atoms with E-state index in [-0.39, 0.29) is 22.5 Å². The van der Waals surface area contributed by atoms with E-state index in [1.165, 1.54) is 17.0 Å². The monoisotopic (exact) mass is 410 g/mol. The quantitative estimate of drug-likeness (QED) is 0.558. The Labute approximate surface area is 168 Å². The molecule has 0 aliphatic carbocycles. The normalized spacial score (nSPS) is 20.5. The van der Waals surface area contributed by atoms with Gasteiger partial charge in [-0.15, -0.1) is 5.10 Å². The van der Waals surface area contributed by atoms with E-state index in [2.05, 4.69) is 5.10 Å². The number of halogens is 1. The van der Waals surface area contributed by atoms with Crippen LogP contribution in [-0.2, 0) is 16.2 Å². The Morgan fingerprint density at radius 2 is 2.07 bits per heavy atom. The highest BCUT2D eigenvalue weighted by Crippen LogP contribution is 2.21. The van der Waals surface area contributed by atoms with Crippen LogP contribution in [0.1, 0.15) is 38.7 Å². The Bertz CT molecular complexity index is 844. The third kappa shape index (κ3) is 5.17. The van der Waals surface area contributed by atoms with Crippen LogP contribution >= 0.6 is 12.2 Å². The first-order valence-electron chi connectivity index (χ1n) is 9.46. The smallest absolute Gasteiger partial charge is 0.309 e. The van der Waals surface area contributed by atoms with E-state index in [0.717, 1.165) is 25.9 Å². The van der Waals surface area contributed by atoms with Crippen molar-refractivity contribution in [2.24, 2.45) is 5.92 Å². The highest BCUT2D eigenvalue weighted by molar-refractivity contribution is 7.71. The lowest BCUT2D eigenvalue weighted by Crippen LogP contribution is -3.12. The molecular formula is C19H25FN3O4S+. The number of piperidine rings is 1. The molecule has 1 aliphatic heterocycles. The molecule has 2 heterocycles. The summed E-state index contributed by atoms with van der Waals surface area (Å²) in [5.74, 6) is 0.449. The average Bonchev–Trinajstić information content (AvgIpc) is 3.05. The number of nitrogens with zero attached hydrogens (tertiary/aromatic N) is 2. The summed E-state index contributed by atoms with van der Waals surface area (Å²) in [6.07, 6.45) is 1.12. The molecule has 9 heteroatoms. The Hall–Kier alpha value is -2.26. The minimum absolute atomic E-state index is 0.0197. The number of benzene rings is 1. The number of ether oxygens (including phenoxy) is 2. The number of quaternary nitrogens is 1. The molecule has 1 aliphatic rings. The molecule has 0 radical (unpaired) electrons. The fourth-order valence-electron chi connectivity index (χ4n) is 3.25. The second-order valence-electron chi connectivity index (χ2n) is 6.85. The van der Waals surface area contributed by atoms with E-state index in [0.29, 0.717) is 24.9 Å². The molecule has 1 aromatic carbocycles. The number of rotatable bonds is 7. The standard InChI is InChI=1S/C19H24FN3O4S/c1-3-25-18(24)14-8-10-22(11-9-14)12-23-19(28)27-17(21-23)13(2)26-16-6-4-15(20)5-7-16/h4-7,13-14H,3,8-12H2,1-2H3/p+1/t13-/m1/s1.